The van der Waals surface area contributed by atoms with E-state index >= 15 is 0 Å². The topological polar surface area (TPSA) is 118 Å². The third-order valence-corrected chi connectivity index (χ3v) is 3.63. The Morgan fingerprint density at radius 3 is 2.54 bits per heavy atom. The number of carbonyl (C=O) groups excluding carboxylic acids is 1. The maximum absolute atomic E-state index is 12.3. The van der Waals surface area contributed by atoms with Crippen LogP contribution >= 0.6 is 0 Å². The largest absolute Gasteiger partial charge is 0.348 e. The van der Waals surface area contributed by atoms with Crippen molar-refractivity contribution in [3.63, 3.8) is 0 Å². The quantitative estimate of drug-likeness (QED) is 0.610. The summed E-state index contributed by atoms with van der Waals surface area (Å²) in [7, 11) is -3.52. The highest BCUT2D eigenvalue weighted by Gasteiger charge is 2.14. The van der Waals surface area contributed by atoms with Crippen molar-refractivity contribution < 1.29 is 18.1 Å². The Bertz CT molecular complexity index is 880. The predicted octanol–water partition coefficient (Wildman–Crippen LogP) is 1.90. The highest BCUT2D eigenvalue weighted by atomic mass is 32.2. The summed E-state index contributed by atoms with van der Waals surface area (Å²) in [5.74, 6) is -0.492. The van der Waals surface area contributed by atoms with Crippen molar-refractivity contribution in [2.75, 3.05) is 11.0 Å². The summed E-state index contributed by atoms with van der Waals surface area (Å²) in [5.41, 5.74) is 0.817. The fourth-order valence-corrected chi connectivity index (χ4v) is 2.60. The molecule has 0 bridgehead atoms. The highest BCUT2D eigenvalue weighted by Crippen LogP contribution is 2.17. The number of nitro groups is 1. The van der Waals surface area contributed by atoms with Crippen LogP contribution in [0.2, 0.25) is 0 Å². The van der Waals surface area contributed by atoms with Crippen LogP contribution in [0.3, 0.4) is 0 Å². The molecule has 0 radical (unpaired) electrons. The van der Waals surface area contributed by atoms with E-state index in [1.54, 1.807) is 18.2 Å². The van der Waals surface area contributed by atoms with Gasteiger partial charge in [-0.1, -0.05) is 24.3 Å². The minimum Gasteiger partial charge on any atom is -0.348 e. The van der Waals surface area contributed by atoms with Crippen LogP contribution in [-0.4, -0.2) is 25.5 Å². The minimum absolute atomic E-state index is 0.0686. The molecule has 0 atom stereocenters. The maximum Gasteiger partial charge on any atom is 0.269 e. The van der Waals surface area contributed by atoms with E-state index in [2.05, 4.69) is 10.0 Å². The molecule has 0 aromatic heterocycles. The van der Waals surface area contributed by atoms with Crippen molar-refractivity contribution in [3.05, 3.63) is 69.8 Å². The number of anilines is 1. The number of nitrogens with zero attached hydrogens (tertiary/aromatic N) is 1. The number of benzene rings is 2. The number of non-ortho nitro benzene ring substituents is 1. The zero-order valence-electron chi connectivity index (χ0n) is 12.7. The molecule has 0 spiro atoms. The van der Waals surface area contributed by atoms with Gasteiger partial charge >= 0.3 is 0 Å². The third-order valence-electron chi connectivity index (χ3n) is 3.04. The lowest BCUT2D eigenvalue weighted by Gasteiger charge is -2.11. The fraction of sp³-hybridized carbons (Fsp3) is 0.133. The molecule has 0 saturated heterocycles. The average Bonchev–Trinajstić information content (AvgIpc) is 2.52. The summed E-state index contributed by atoms with van der Waals surface area (Å²) in [6.45, 7) is 0.0771. The molecule has 0 aliphatic heterocycles. The van der Waals surface area contributed by atoms with Crippen LogP contribution in [0.25, 0.3) is 0 Å². The van der Waals surface area contributed by atoms with Gasteiger partial charge in [0.05, 0.1) is 22.4 Å². The number of carbonyl (C=O) groups is 1. The molecule has 2 aromatic rings. The molecule has 0 aliphatic rings. The highest BCUT2D eigenvalue weighted by molar-refractivity contribution is 7.92. The second kappa shape index (κ2) is 7.09. The second-order valence-electron chi connectivity index (χ2n) is 5.03. The lowest BCUT2D eigenvalue weighted by atomic mass is 10.1. The van der Waals surface area contributed by atoms with Crippen LogP contribution < -0.4 is 10.0 Å². The van der Waals surface area contributed by atoms with Crippen molar-refractivity contribution in [1.29, 1.82) is 0 Å². The van der Waals surface area contributed by atoms with Gasteiger partial charge in [-0.05, 0) is 17.7 Å². The van der Waals surface area contributed by atoms with Gasteiger partial charge in [0, 0.05) is 18.7 Å². The summed E-state index contributed by atoms with van der Waals surface area (Å²) >= 11 is 0. The molecular weight excluding hydrogens is 334 g/mol. The van der Waals surface area contributed by atoms with Crippen molar-refractivity contribution in [2.45, 2.75) is 6.54 Å². The monoisotopic (exact) mass is 349 g/mol. The number of rotatable bonds is 6. The second-order valence-corrected chi connectivity index (χ2v) is 6.78. The molecule has 0 fully saturated rings. The van der Waals surface area contributed by atoms with Crippen molar-refractivity contribution >= 4 is 27.3 Å². The van der Waals surface area contributed by atoms with E-state index in [4.69, 9.17) is 0 Å². The fourth-order valence-electron chi connectivity index (χ4n) is 2.03. The lowest BCUT2D eigenvalue weighted by Crippen LogP contribution is -2.24. The molecule has 2 rings (SSSR count). The van der Waals surface area contributed by atoms with Gasteiger partial charge in [-0.25, -0.2) is 8.42 Å². The van der Waals surface area contributed by atoms with Gasteiger partial charge in [0.1, 0.15) is 0 Å². The first-order chi connectivity index (χ1) is 11.3. The third kappa shape index (κ3) is 4.78. The van der Waals surface area contributed by atoms with Crippen molar-refractivity contribution in [3.8, 4) is 0 Å². The Kier molecular flexibility index (Phi) is 5.14. The number of hydrogen-bond acceptors (Lipinski definition) is 5. The molecule has 24 heavy (non-hydrogen) atoms. The van der Waals surface area contributed by atoms with Crippen LogP contribution in [-0.2, 0) is 16.6 Å². The summed E-state index contributed by atoms with van der Waals surface area (Å²) < 4.78 is 25.0. The van der Waals surface area contributed by atoms with Gasteiger partial charge in [0.25, 0.3) is 11.6 Å². The standard InChI is InChI=1S/C15H15N3O5S/c1-24(22,23)17-14-8-3-2-7-13(14)15(19)16-10-11-5-4-6-12(9-11)18(20)21/h2-9,17H,10H2,1H3,(H,16,19). The molecule has 2 aromatic carbocycles. The van der Waals surface area contributed by atoms with Gasteiger partial charge in [-0.3, -0.25) is 19.6 Å². The summed E-state index contributed by atoms with van der Waals surface area (Å²) in [4.78, 5) is 22.5. The smallest absolute Gasteiger partial charge is 0.269 e. The van der Waals surface area contributed by atoms with Gasteiger partial charge in [-0.2, -0.15) is 0 Å². The molecule has 8 nitrogen and oxygen atoms in total. The maximum atomic E-state index is 12.3. The molecule has 0 heterocycles. The molecular formula is C15H15N3O5S. The van der Waals surface area contributed by atoms with E-state index < -0.39 is 20.9 Å². The van der Waals surface area contributed by atoms with Gasteiger partial charge < -0.3 is 5.32 Å². The Balaban J connectivity index is 2.13. The number of amides is 1. The SMILES string of the molecule is CS(=O)(=O)Nc1ccccc1C(=O)NCc1cccc([N+](=O)[O-])c1. The molecule has 2 N–H and O–H groups in total. The summed E-state index contributed by atoms with van der Waals surface area (Å²) in [6, 6.07) is 12.1. The number of nitrogens with one attached hydrogen (secondary N) is 2. The van der Waals surface area contributed by atoms with Crippen LogP contribution in [0.15, 0.2) is 48.5 Å². The van der Waals surface area contributed by atoms with E-state index in [1.165, 1.54) is 30.3 Å². The van der Waals surface area contributed by atoms with Crippen molar-refractivity contribution in [1.82, 2.24) is 5.32 Å². The molecule has 9 heteroatoms. The Labute approximate surface area is 138 Å². The number of hydrogen-bond donors (Lipinski definition) is 2. The number of sulfonamides is 1. The Morgan fingerprint density at radius 2 is 1.88 bits per heavy atom. The van der Waals surface area contributed by atoms with Crippen LogP contribution in [0.5, 0.6) is 0 Å². The van der Waals surface area contributed by atoms with E-state index in [9.17, 15) is 23.3 Å². The zero-order chi connectivity index (χ0) is 17.7. The Morgan fingerprint density at radius 1 is 1.17 bits per heavy atom. The molecule has 0 saturated carbocycles. The Hall–Kier alpha value is -2.94. The van der Waals surface area contributed by atoms with E-state index in [0.717, 1.165) is 6.26 Å². The molecule has 1 amide bonds. The van der Waals surface area contributed by atoms with Crippen LogP contribution in [0, 0.1) is 10.1 Å². The van der Waals surface area contributed by atoms with Gasteiger partial charge in [0.15, 0.2) is 0 Å². The van der Waals surface area contributed by atoms with Crippen molar-refractivity contribution in [2.24, 2.45) is 0 Å². The molecule has 0 unspecified atom stereocenters. The summed E-state index contributed by atoms with van der Waals surface area (Å²) in [5, 5.41) is 13.4. The molecule has 126 valence electrons. The first-order valence-corrected chi connectivity index (χ1v) is 8.74. The van der Waals surface area contributed by atoms with Crippen LogP contribution in [0.4, 0.5) is 11.4 Å². The number of para-hydroxylation sites is 1. The lowest BCUT2D eigenvalue weighted by molar-refractivity contribution is -0.384. The molecule has 0 aliphatic carbocycles. The first kappa shape index (κ1) is 17.4. The van der Waals surface area contributed by atoms with E-state index in [0.29, 0.717) is 5.56 Å². The number of nitro benzene ring substituents is 1. The summed E-state index contributed by atoms with van der Waals surface area (Å²) in [6.07, 6.45) is 0.991. The normalized spacial score (nSPS) is 10.9. The van der Waals surface area contributed by atoms with Gasteiger partial charge in [-0.15, -0.1) is 0 Å². The van der Waals surface area contributed by atoms with E-state index in [-0.39, 0.29) is 23.5 Å². The first-order valence-electron chi connectivity index (χ1n) is 6.84. The zero-order valence-corrected chi connectivity index (χ0v) is 13.5. The predicted molar refractivity (Wildman–Crippen MR) is 89.2 cm³/mol. The van der Waals surface area contributed by atoms with Crippen LogP contribution in [0.1, 0.15) is 15.9 Å². The average molecular weight is 349 g/mol. The van der Waals surface area contributed by atoms with Gasteiger partial charge in [0.2, 0.25) is 10.0 Å². The van der Waals surface area contributed by atoms with E-state index in [1.807, 2.05) is 0 Å². The minimum atomic E-state index is -3.52.